The Kier molecular flexibility index (Phi) is 7.83. The number of piperazine rings is 1. The van der Waals surface area contributed by atoms with E-state index in [1.54, 1.807) is 36.2 Å². The maximum Gasteiger partial charge on any atom is 0.409 e. The summed E-state index contributed by atoms with van der Waals surface area (Å²) in [6, 6.07) is 11.7. The van der Waals surface area contributed by atoms with Crippen LogP contribution in [0, 0.1) is 0 Å². The lowest BCUT2D eigenvalue weighted by Crippen LogP contribution is -2.50. The van der Waals surface area contributed by atoms with Gasteiger partial charge in [-0.05, 0) is 50.1 Å². The zero-order valence-corrected chi connectivity index (χ0v) is 21.2. The Balaban J connectivity index is 1.60. The number of ether oxygens (including phenoxy) is 3. The highest BCUT2D eigenvalue weighted by atomic mass is 16.6. The van der Waals surface area contributed by atoms with E-state index in [2.05, 4.69) is 0 Å². The van der Waals surface area contributed by atoms with Gasteiger partial charge in [0.15, 0.2) is 0 Å². The molecule has 1 aliphatic heterocycles. The van der Waals surface area contributed by atoms with E-state index in [9.17, 15) is 9.59 Å². The fourth-order valence-corrected chi connectivity index (χ4v) is 4.31. The van der Waals surface area contributed by atoms with Gasteiger partial charge in [0.05, 0.1) is 26.6 Å². The lowest BCUT2D eigenvalue weighted by atomic mass is 9.99. The molecule has 8 heteroatoms. The largest absolute Gasteiger partial charge is 0.497 e. The third-order valence-electron chi connectivity index (χ3n) is 6.26. The maximum absolute atomic E-state index is 13.1. The molecular weight excluding hydrogens is 460 g/mol. The summed E-state index contributed by atoms with van der Waals surface area (Å²) in [6.07, 6.45) is 3.04. The summed E-state index contributed by atoms with van der Waals surface area (Å²) in [5.74, 6) is 1.35. The fraction of sp³-hybridized carbons (Fsp3) is 0.357. The average Bonchev–Trinajstić information content (AvgIpc) is 3.31. The highest BCUT2D eigenvalue weighted by molar-refractivity contribution is 6.00. The van der Waals surface area contributed by atoms with Gasteiger partial charge in [-0.2, -0.15) is 0 Å². The van der Waals surface area contributed by atoms with Crippen LogP contribution in [0.15, 0.2) is 53.2 Å². The summed E-state index contributed by atoms with van der Waals surface area (Å²) in [4.78, 5) is 28.4. The summed E-state index contributed by atoms with van der Waals surface area (Å²) in [5.41, 5.74) is 4.29. The Morgan fingerprint density at radius 3 is 2.33 bits per heavy atom. The van der Waals surface area contributed by atoms with E-state index in [0.717, 1.165) is 33.4 Å². The minimum absolute atomic E-state index is 0.0962. The van der Waals surface area contributed by atoms with E-state index in [0.29, 0.717) is 50.7 Å². The van der Waals surface area contributed by atoms with Crippen LogP contribution in [-0.2, 0) is 9.53 Å². The van der Waals surface area contributed by atoms with E-state index >= 15 is 0 Å². The molecule has 1 aromatic heterocycles. The molecule has 1 fully saturated rings. The van der Waals surface area contributed by atoms with E-state index in [4.69, 9.17) is 18.6 Å². The minimum Gasteiger partial charge on any atom is -0.497 e. The van der Waals surface area contributed by atoms with Crippen molar-refractivity contribution in [3.05, 3.63) is 54.3 Å². The van der Waals surface area contributed by atoms with Gasteiger partial charge in [-0.1, -0.05) is 12.1 Å². The molecule has 0 spiro atoms. The minimum atomic E-state index is -0.334. The topological polar surface area (TPSA) is 81.5 Å². The number of allylic oxidation sites excluding steroid dienone is 1. The van der Waals surface area contributed by atoms with E-state index in [1.807, 2.05) is 50.2 Å². The Morgan fingerprint density at radius 2 is 1.69 bits per heavy atom. The van der Waals surface area contributed by atoms with Crippen LogP contribution in [0.25, 0.3) is 27.7 Å². The third kappa shape index (κ3) is 5.32. The molecule has 0 atom stereocenters. The molecule has 2 aromatic carbocycles. The van der Waals surface area contributed by atoms with Crippen LogP contribution in [0.3, 0.4) is 0 Å². The van der Waals surface area contributed by atoms with Gasteiger partial charge in [0.1, 0.15) is 17.1 Å². The van der Waals surface area contributed by atoms with Crippen molar-refractivity contribution in [1.82, 2.24) is 9.80 Å². The summed E-state index contributed by atoms with van der Waals surface area (Å²) in [6.45, 7) is 8.26. The van der Waals surface area contributed by atoms with Crippen molar-refractivity contribution in [3.8, 4) is 22.6 Å². The number of carbonyl (C=O) groups excluding carboxylic acids is 2. The normalized spacial score (nSPS) is 14.2. The van der Waals surface area contributed by atoms with Crippen LogP contribution in [0.2, 0.25) is 0 Å². The van der Waals surface area contributed by atoms with Gasteiger partial charge < -0.3 is 28.4 Å². The molecule has 0 aliphatic carbocycles. The second kappa shape index (κ2) is 11.2. The fourth-order valence-electron chi connectivity index (χ4n) is 4.31. The maximum atomic E-state index is 13.1. The van der Waals surface area contributed by atoms with E-state index in [-0.39, 0.29) is 12.0 Å². The summed E-state index contributed by atoms with van der Waals surface area (Å²) in [5, 5.41) is 0.932. The summed E-state index contributed by atoms with van der Waals surface area (Å²) >= 11 is 0. The second-order valence-corrected chi connectivity index (χ2v) is 8.49. The van der Waals surface area contributed by atoms with Gasteiger partial charge in [0.2, 0.25) is 5.91 Å². The molecule has 36 heavy (non-hydrogen) atoms. The van der Waals surface area contributed by atoms with Crippen LogP contribution in [0.1, 0.15) is 26.3 Å². The molecule has 1 saturated heterocycles. The molecule has 0 N–H and O–H groups in total. The van der Waals surface area contributed by atoms with Crippen molar-refractivity contribution in [1.29, 1.82) is 0 Å². The first kappa shape index (κ1) is 25.2. The van der Waals surface area contributed by atoms with Crippen LogP contribution < -0.4 is 9.47 Å². The van der Waals surface area contributed by atoms with Crippen molar-refractivity contribution >= 4 is 28.5 Å². The number of rotatable bonds is 7. The predicted molar refractivity (Wildman–Crippen MR) is 138 cm³/mol. The number of hydrogen-bond donors (Lipinski definition) is 0. The lowest BCUT2D eigenvalue weighted by Gasteiger charge is -2.33. The number of amides is 2. The van der Waals surface area contributed by atoms with Gasteiger partial charge in [0.25, 0.3) is 0 Å². The van der Waals surface area contributed by atoms with Gasteiger partial charge in [-0.25, -0.2) is 4.79 Å². The summed E-state index contributed by atoms with van der Waals surface area (Å²) in [7, 11) is 1.64. The van der Waals surface area contributed by atoms with Crippen LogP contribution in [0.4, 0.5) is 4.79 Å². The number of methoxy groups -OCH3 is 1. The second-order valence-electron chi connectivity index (χ2n) is 8.49. The molecule has 0 radical (unpaired) electrons. The molecule has 0 unspecified atom stereocenters. The Hall–Kier alpha value is -3.94. The van der Waals surface area contributed by atoms with Crippen molar-refractivity contribution in [3.63, 3.8) is 0 Å². The monoisotopic (exact) mass is 492 g/mol. The molecule has 2 heterocycles. The number of benzene rings is 2. The molecular formula is C28H32N2O6. The lowest BCUT2D eigenvalue weighted by molar-refractivity contribution is -0.127. The average molecular weight is 493 g/mol. The smallest absolute Gasteiger partial charge is 0.409 e. The zero-order chi connectivity index (χ0) is 25.7. The number of fused-ring (bicyclic) bond motifs is 1. The SMILES string of the molecule is CCOC(=O)N1CCN(C(=O)/C=C(\C)c2cc3c(-c4ccc(OC)cc4)coc3cc2OCC)CC1. The van der Waals surface area contributed by atoms with Crippen molar-refractivity contribution < 1.29 is 28.2 Å². The van der Waals surface area contributed by atoms with Gasteiger partial charge in [-0.3, -0.25) is 4.79 Å². The van der Waals surface area contributed by atoms with Crippen LogP contribution >= 0.6 is 0 Å². The zero-order valence-electron chi connectivity index (χ0n) is 21.2. The Labute approximate surface area is 211 Å². The number of hydrogen-bond acceptors (Lipinski definition) is 6. The first-order valence-electron chi connectivity index (χ1n) is 12.2. The Morgan fingerprint density at radius 1 is 1.00 bits per heavy atom. The highest BCUT2D eigenvalue weighted by Crippen LogP contribution is 2.38. The molecule has 0 saturated carbocycles. The number of carbonyl (C=O) groups is 2. The van der Waals surface area contributed by atoms with Crippen molar-refractivity contribution in [2.24, 2.45) is 0 Å². The van der Waals surface area contributed by atoms with Crippen LogP contribution in [0.5, 0.6) is 11.5 Å². The molecule has 2 amide bonds. The first-order valence-corrected chi connectivity index (χ1v) is 12.2. The van der Waals surface area contributed by atoms with Crippen molar-refractivity contribution in [2.75, 3.05) is 46.5 Å². The van der Waals surface area contributed by atoms with Crippen LogP contribution in [-0.4, -0.2) is 68.3 Å². The molecule has 1 aliphatic rings. The molecule has 4 rings (SSSR count). The van der Waals surface area contributed by atoms with Gasteiger partial charge >= 0.3 is 6.09 Å². The van der Waals surface area contributed by atoms with Crippen molar-refractivity contribution in [2.45, 2.75) is 20.8 Å². The standard InChI is InChI=1S/C28H32N2O6/c1-5-34-25-17-26-23(24(18-36-26)20-7-9-21(33-4)10-8-20)16-22(25)19(3)15-27(31)29-11-13-30(14-12-29)28(32)35-6-2/h7-10,15-18H,5-6,11-14H2,1-4H3/b19-15+. The first-order chi connectivity index (χ1) is 17.4. The number of furan rings is 1. The van der Waals surface area contributed by atoms with E-state index in [1.165, 1.54) is 0 Å². The predicted octanol–water partition coefficient (Wildman–Crippen LogP) is 5.21. The van der Waals surface area contributed by atoms with Gasteiger partial charge in [-0.15, -0.1) is 0 Å². The summed E-state index contributed by atoms with van der Waals surface area (Å²) < 4.78 is 22.1. The molecule has 0 bridgehead atoms. The molecule has 190 valence electrons. The van der Waals surface area contributed by atoms with Gasteiger partial charge in [0, 0.05) is 54.8 Å². The third-order valence-corrected chi connectivity index (χ3v) is 6.26. The number of nitrogens with zero attached hydrogens (tertiary/aromatic N) is 2. The quantitative estimate of drug-likeness (QED) is 0.421. The molecule has 3 aromatic rings. The van der Waals surface area contributed by atoms with E-state index < -0.39 is 0 Å². The Bertz CT molecular complexity index is 1250. The highest BCUT2D eigenvalue weighted by Gasteiger charge is 2.24. The molecule has 8 nitrogen and oxygen atoms in total.